The molecule has 3 rings (SSSR count). The van der Waals surface area contributed by atoms with E-state index >= 15 is 0 Å². The van der Waals surface area contributed by atoms with Gasteiger partial charge in [-0.1, -0.05) is 6.42 Å². The molecule has 0 radical (unpaired) electrons. The number of halogens is 3. The molecule has 0 unspecified atom stereocenters. The Hall–Kier alpha value is -2.38. The first kappa shape index (κ1) is 16.5. The number of anilines is 1. The number of carbonyl (C=O) groups excluding carboxylic acids is 1. The lowest BCUT2D eigenvalue weighted by Crippen LogP contribution is -2.34. The maximum atomic E-state index is 12.8. The molecule has 2 heterocycles. The van der Waals surface area contributed by atoms with Crippen LogP contribution in [0.25, 0.3) is 5.82 Å². The van der Waals surface area contributed by atoms with Gasteiger partial charge in [0.25, 0.3) is 0 Å². The Balaban J connectivity index is 1.62. The maximum absolute atomic E-state index is 12.8. The van der Waals surface area contributed by atoms with Crippen LogP contribution in [-0.2, 0) is 4.79 Å². The predicted octanol–water partition coefficient (Wildman–Crippen LogP) is 3.57. The van der Waals surface area contributed by atoms with Crippen molar-refractivity contribution >= 4 is 11.6 Å². The molecule has 1 aliphatic carbocycles. The molecule has 1 N–H and O–H groups in total. The Bertz CT molecular complexity index is 682. The van der Waals surface area contributed by atoms with E-state index in [9.17, 15) is 18.0 Å². The van der Waals surface area contributed by atoms with Crippen LogP contribution in [0.2, 0.25) is 0 Å². The van der Waals surface area contributed by atoms with Crippen LogP contribution in [0.3, 0.4) is 0 Å². The average molecular weight is 338 g/mol. The average Bonchev–Trinajstić information content (AvgIpc) is 3.09. The van der Waals surface area contributed by atoms with Crippen molar-refractivity contribution in [1.82, 2.24) is 14.8 Å². The minimum atomic E-state index is -4.23. The molecule has 128 valence electrons. The van der Waals surface area contributed by atoms with E-state index in [1.54, 1.807) is 35.3 Å². The smallest absolute Gasteiger partial charge is 0.324 e. The molecule has 24 heavy (non-hydrogen) atoms. The van der Waals surface area contributed by atoms with Crippen LogP contribution in [0.5, 0.6) is 0 Å². The van der Waals surface area contributed by atoms with Crippen molar-refractivity contribution in [1.29, 1.82) is 0 Å². The number of nitrogens with zero attached hydrogens (tertiary/aromatic N) is 3. The molecule has 0 bridgehead atoms. The van der Waals surface area contributed by atoms with Crippen molar-refractivity contribution in [3.05, 3.63) is 36.8 Å². The number of carbonyl (C=O) groups is 1. The fraction of sp³-hybridized carbons (Fsp3) is 0.438. The standard InChI is InChI=1S/C16H17F3N4O/c17-16(18,19)12-4-1-3-11(9-12)15(24)22-13-5-6-14(20-10-13)23-8-2-7-21-23/h2,5-8,10-12H,1,3-4,9H2,(H,22,24)/t11-,12+/m1/s1. The summed E-state index contributed by atoms with van der Waals surface area (Å²) in [4.78, 5) is 16.4. The van der Waals surface area contributed by atoms with Crippen LogP contribution in [-0.4, -0.2) is 26.8 Å². The highest BCUT2D eigenvalue weighted by Crippen LogP contribution is 2.40. The number of nitrogens with one attached hydrogen (secondary N) is 1. The lowest BCUT2D eigenvalue weighted by Gasteiger charge is -2.29. The van der Waals surface area contributed by atoms with Crippen LogP contribution >= 0.6 is 0 Å². The Labute approximate surface area is 136 Å². The van der Waals surface area contributed by atoms with Gasteiger partial charge in [0, 0.05) is 18.3 Å². The van der Waals surface area contributed by atoms with E-state index in [4.69, 9.17) is 0 Å². The Morgan fingerprint density at radius 2 is 2.12 bits per heavy atom. The quantitative estimate of drug-likeness (QED) is 0.931. The fourth-order valence-corrected chi connectivity index (χ4v) is 2.97. The van der Waals surface area contributed by atoms with E-state index in [1.165, 1.54) is 6.20 Å². The molecular formula is C16H17F3N4O. The van der Waals surface area contributed by atoms with Gasteiger partial charge in [-0.15, -0.1) is 0 Å². The summed E-state index contributed by atoms with van der Waals surface area (Å²) in [6.45, 7) is 0. The van der Waals surface area contributed by atoms with Gasteiger partial charge in [-0.05, 0) is 37.5 Å². The number of pyridine rings is 1. The van der Waals surface area contributed by atoms with Gasteiger partial charge >= 0.3 is 6.18 Å². The van der Waals surface area contributed by atoms with Crippen LogP contribution in [0, 0.1) is 11.8 Å². The van der Waals surface area contributed by atoms with E-state index in [1.807, 2.05) is 0 Å². The number of rotatable bonds is 3. The third-order valence-electron chi connectivity index (χ3n) is 4.26. The molecule has 0 aliphatic heterocycles. The molecular weight excluding hydrogens is 321 g/mol. The molecule has 1 fully saturated rings. The zero-order valence-electron chi connectivity index (χ0n) is 12.8. The second kappa shape index (κ2) is 6.62. The van der Waals surface area contributed by atoms with E-state index in [0.29, 0.717) is 24.3 Å². The van der Waals surface area contributed by atoms with Gasteiger partial charge in [0.15, 0.2) is 5.82 Å². The highest BCUT2D eigenvalue weighted by atomic mass is 19.4. The van der Waals surface area contributed by atoms with Gasteiger partial charge in [0.05, 0.1) is 17.8 Å². The van der Waals surface area contributed by atoms with Gasteiger partial charge in [-0.25, -0.2) is 9.67 Å². The molecule has 1 amide bonds. The summed E-state index contributed by atoms with van der Waals surface area (Å²) < 4.78 is 40.1. The summed E-state index contributed by atoms with van der Waals surface area (Å²) in [6, 6.07) is 5.10. The largest absolute Gasteiger partial charge is 0.391 e. The third-order valence-corrected chi connectivity index (χ3v) is 4.26. The van der Waals surface area contributed by atoms with E-state index in [-0.39, 0.29) is 18.7 Å². The first-order chi connectivity index (χ1) is 11.4. The molecule has 8 heteroatoms. The lowest BCUT2D eigenvalue weighted by atomic mass is 9.80. The van der Waals surface area contributed by atoms with Gasteiger partial charge in [0.1, 0.15) is 0 Å². The normalized spacial score (nSPS) is 21.5. The molecule has 1 aliphatic rings. The number of amides is 1. The number of aromatic nitrogens is 3. The molecule has 0 saturated heterocycles. The van der Waals surface area contributed by atoms with Crippen molar-refractivity contribution in [2.75, 3.05) is 5.32 Å². The number of hydrogen-bond acceptors (Lipinski definition) is 3. The second-order valence-corrected chi connectivity index (χ2v) is 5.95. The lowest BCUT2D eigenvalue weighted by molar-refractivity contribution is -0.185. The second-order valence-electron chi connectivity index (χ2n) is 5.95. The summed E-state index contributed by atoms with van der Waals surface area (Å²) >= 11 is 0. The molecule has 5 nitrogen and oxygen atoms in total. The molecule has 1 saturated carbocycles. The minimum Gasteiger partial charge on any atom is -0.324 e. The fourth-order valence-electron chi connectivity index (χ4n) is 2.97. The Morgan fingerprint density at radius 3 is 2.75 bits per heavy atom. The Morgan fingerprint density at radius 1 is 1.29 bits per heavy atom. The molecule has 2 aromatic heterocycles. The van der Waals surface area contributed by atoms with E-state index < -0.39 is 18.0 Å². The van der Waals surface area contributed by atoms with Crippen LogP contribution in [0.1, 0.15) is 25.7 Å². The first-order valence-electron chi connectivity index (χ1n) is 7.77. The van der Waals surface area contributed by atoms with Gasteiger partial charge < -0.3 is 5.32 Å². The van der Waals surface area contributed by atoms with Crippen molar-refractivity contribution in [3.63, 3.8) is 0 Å². The number of alkyl halides is 3. The predicted molar refractivity (Wildman–Crippen MR) is 81.5 cm³/mol. The van der Waals surface area contributed by atoms with Gasteiger partial charge in [-0.3, -0.25) is 4.79 Å². The highest BCUT2D eigenvalue weighted by Gasteiger charge is 2.43. The minimum absolute atomic E-state index is 0.105. The van der Waals surface area contributed by atoms with Crippen molar-refractivity contribution < 1.29 is 18.0 Å². The third kappa shape index (κ3) is 3.74. The van der Waals surface area contributed by atoms with Crippen LogP contribution < -0.4 is 5.32 Å². The summed E-state index contributed by atoms with van der Waals surface area (Å²) in [5.74, 6) is -1.79. The first-order valence-corrected chi connectivity index (χ1v) is 7.77. The molecule has 0 aromatic carbocycles. The molecule has 0 spiro atoms. The number of hydrogen-bond donors (Lipinski definition) is 1. The molecule has 2 atom stereocenters. The monoisotopic (exact) mass is 338 g/mol. The Kier molecular flexibility index (Phi) is 4.55. The summed E-state index contributed by atoms with van der Waals surface area (Å²) in [5.41, 5.74) is 0.463. The van der Waals surface area contributed by atoms with E-state index in [2.05, 4.69) is 15.4 Å². The summed E-state index contributed by atoms with van der Waals surface area (Å²) in [6.07, 6.45) is 1.46. The topological polar surface area (TPSA) is 59.8 Å². The zero-order valence-corrected chi connectivity index (χ0v) is 12.8. The van der Waals surface area contributed by atoms with E-state index in [0.717, 1.165) is 0 Å². The van der Waals surface area contributed by atoms with Crippen LogP contribution in [0.4, 0.5) is 18.9 Å². The van der Waals surface area contributed by atoms with Crippen LogP contribution in [0.15, 0.2) is 36.8 Å². The van der Waals surface area contributed by atoms with Crippen molar-refractivity contribution in [2.45, 2.75) is 31.9 Å². The molecule has 2 aromatic rings. The summed E-state index contributed by atoms with van der Waals surface area (Å²) in [7, 11) is 0. The zero-order chi connectivity index (χ0) is 17.2. The van der Waals surface area contributed by atoms with Gasteiger partial charge in [-0.2, -0.15) is 18.3 Å². The maximum Gasteiger partial charge on any atom is 0.391 e. The summed E-state index contributed by atoms with van der Waals surface area (Å²) in [5, 5.41) is 6.70. The van der Waals surface area contributed by atoms with Crippen molar-refractivity contribution in [2.24, 2.45) is 11.8 Å². The highest BCUT2D eigenvalue weighted by molar-refractivity contribution is 5.92. The SMILES string of the molecule is O=C(Nc1ccc(-n2cccn2)nc1)[C@@H]1CCC[C@H](C(F)(F)F)C1. The van der Waals surface area contributed by atoms with Gasteiger partial charge in [0.2, 0.25) is 5.91 Å². The van der Waals surface area contributed by atoms with Crippen molar-refractivity contribution in [3.8, 4) is 5.82 Å².